The first-order valence-electron chi connectivity index (χ1n) is 4.90. The molecule has 0 radical (unpaired) electrons. The SMILES string of the molecule is Cc1cc(C)c([N+](=O)[O-])cc1Oc1nsnc1Cl. The second-order valence-electron chi connectivity index (χ2n) is 3.62. The van der Waals surface area contributed by atoms with E-state index in [1.165, 1.54) is 6.07 Å². The molecule has 0 saturated heterocycles. The van der Waals surface area contributed by atoms with E-state index in [2.05, 4.69) is 8.75 Å². The molecule has 2 rings (SSSR count). The molecule has 1 heterocycles. The zero-order chi connectivity index (χ0) is 13.3. The van der Waals surface area contributed by atoms with Crippen molar-refractivity contribution in [2.75, 3.05) is 0 Å². The summed E-state index contributed by atoms with van der Waals surface area (Å²) in [5.41, 5.74) is 1.34. The summed E-state index contributed by atoms with van der Waals surface area (Å²) in [7, 11) is 0. The lowest BCUT2D eigenvalue weighted by Gasteiger charge is -2.07. The standard InChI is InChI=1S/C10H8ClN3O3S/c1-5-3-6(2)8(4-7(5)14(15)16)17-10-9(11)12-18-13-10/h3-4H,1-2H3. The van der Waals surface area contributed by atoms with E-state index in [9.17, 15) is 10.1 Å². The molecular formula is C10H8ClN3O3S. The van der Waals surface area contributed by atoms with Crippen molar-refractivity contribution in [3.8, 4) is 11.6 Å². The molecule has 0 N–H and O–H groups in total. The Morgan fingerprint density at radius 1 is 1.33 bits per heavy atom. The molecule has 0 fully saturated rings. The van der Waals surface area contributed by atoms with Gasteiger partial charge in [0.05, 0.1) is 22.7 Å². The van der Waals surface area contributed by atoms with Crippen LogP contribution < -0.4 is 4.74 Å². The van der Waals surface area contributed by atoms with Crippen molar-refractivity contribution < 1.29 is 9.66 Å². The minimum Gasteiger partial charge on any atom is -0.435 e. The second-order valence-corrected chi connectivity index (χ2v) is 4.51. The number of nitro groups is 1. The lowest BCUT2D eigenvalue weighted by Crippen LogP contribution is -1.95. The number of aryl methyl sites for hydroxylation is 2. The summed E-state index contributed by atoms with van der Waals surface area (Å²) in [4.78, 5) is 10.4. The lowest BCUT2D eigenvalue weighted by atomic mass is 10.1. The molecule has 0 bridgehead atoms. The van der Waals surface area contributed by atoms with Gasteiger partial charge in [0, 0.05) is 5.56 Å². The quantitative estimate of drug-likeness (QED) is 0.637. The van der Waals surface area contributed by atoms with Gasteiger partial charge in [-0.25, -0.2) is 0 Å². The Balaban J connectivity index is 2.42. The van der Waals surface area contributed by atoms with Crippen molar-refractivity contribution in [1.82, 2.24) is 8.75 Å². The van der Waals surface area contributed by atoms with Gasteiger partial charge in [0.15, 0.2) is 0 Å². The van der Waals surface area contributed by atoms with Crippen LogP contribution in [-0.2, 0) is 0 Å². The van der Waals surface area contributed by atoms with Gasteiger partial charge in [-0.15, -0.1) is 4.37 Å². The fourth-order valence-corrected chi connectivity index (χ4v) is 2.08. The number of halogens is 1. The number of aromatic nitrogens is 2. The van der Waals surface area contributed by atoms with Crippen LogP contribution in [0.25, 0.3) is 0 Å². The van der Waals surface area contributed by atoms with Crippen LogP contribution in [0.4, 0.5) is 5.69 Å². The topological polar surface area (TPSA) is 78.2 Å². The Hall–Kier alpha value is -1.73. The van der Waals surface area contributed by atoms with Crippen molar-refractivity contribution in [3.05, 3.63) is 38.5 Å². The van der Waals surface area contributed by atoms with Crippen LogP contribution in [0, 0.1) is 24.0 Å². The highest BCUT2D eigenvalue weighted by atomic mass is 35.5. The molecule has 0 aliphatic carbocycles. The molecule has 0 spiro atoms. The van der Waals surface area contributed by atoms with Crippen LogP contribution in [0.1, 0.15) is 11.1 Å². The molecule has 18 heavy (non-hydrogen) atoms. The molecule has 8 heteroatoms. The molecule has 1 aromatic heterocycles. The Kier molecular flexibility index (Phi) is 3.44. The van der Waals surface area contributed by atoms with Gasteiger partial charge in [0.2, 0.25) is 5.15 Å². The summed E-state index contributed by atoms with van der Waals surface area (Å²) in [6.45, 7) is 3.46. The number of nitrogens with zero attached hydrogens (tertiary/aromatic N) is 3. The summed E-state index contributed by atoms with van der Waals surface area (Å²) in [6.07, 6.45) is 0. The third-order valence-corrected chi connectivity index (χ3v) is 3.18. The Labute approximate surface area is 112 Å². The number of hydrogen-bond donors (Lipinski definition) is 0. The minimum atomic E-state index is -0.456. The van der Waals surface area contributed by atoms with Crippen molar-refractivity contribution in [2.24, 2.45) is 0 Å². The molecule has 0 amide bonds. The van der Waals surface area contributed by atoms with Crippen LogP contribution in [-0.4, -0.2) is 13.7 Å². The number of ether oxygens (including phenoxy) is 1. The van der Waals surface area contributed by atoms with Crippen molar-refractivity contribution in [1.29, 1.82) is 0 Å². The average Bonchev–Trinajstić information content (AvgIpc) is 2.67. The number of nitro benzene ring substituents is 1. The van der Waals surface area contributed by atoms with Crippen LogP contribution in [0.15, 0.2) is 12.1 Å². The highest BCUT2D eigenvalue weighted by Crippen LogP contribution is 2.33. The van der Waals surface area contributed by atoms with Gasteiger partial charge in [-0.2, -0.15) is 4.37 Å². The highest BCUT2D eigenvalue weighted by Gasteiger charge is 2.16. The molecule has 1 aromatic carbocycles. The maximum Gasteiger partial charge on any atom is 0.276 e. The monoisotopic (exact) mass is 285 g/mol. The van der Waals surface area contributed by atoms with Crippen LogP contribution in [0.3, 0.4) is 0 Å². The normalized spacial score (nSPS) is 10.4. The Morgan fingerprint density at radius 3 is 2.61 bits per heavy atom. The van der Waals surface area contributed by atoms with E-state index < -0.39 is 4.92 Å². The minimum absolute atomic E-state index is 0.00471. The summed E-state index contributed by atoms with van der Waals surface area (Å²) < 4.78 is 13.0. The molecule has 6 nitrogen and oxygen atoms in total. The van der Waals surface area contributed by atoms with Crippen LogP contribution >= 0.6 is 23.3 Å². The van der Waals surface area contributed by atoms with Gasteiger partial charge < -0.3 is 4.74 Å². The zero-order valence-electron chi connectivity index (χ0n) is 9.51. The van der Waals surface area contributed by atoms with E-state index in [0.29, 0.717) is 11.3 Å². The van der Waals surface area contributed by atoms with Gasteiger partial charge >= 0.3 is 0 Å². The van der Waals surface area contributed by atoms with Crippen LogP contribution in [0.2, 0.25) is 5.15 Å². The largest absolute Gasteiger partial charge is 0.435 e. The number of hydrogen-bond acceptors (Lipinski definition) is 6. The van der Waals surface area contributed by atoms with Gasteiger partial charge in [0.25, 0.3) is 11.6 Å². The van der Waals surface area contributed by atoms with E-state index in [4.69, 9.17) is 16.3 Å². The molecule has 0 saturated carbocycles. The number of rotatable bonds is 3. The fourth-order valence-electron chi connectivity index (χ4n) is 1.46. The van der Waals surface area contributed by atoms with Crippen LogP contribution in [0.5, 0.6) is 11.6 Å². The first kappa shape index (κ1) is 12.7. The van der Waals surface area contributed by atoms with E-state index in [-0.39, 0.29) is 16.7 Å². The Morgan fingerprint density at radius 2 is 2.06 bits per heavy atom. The zero-order valence-corrected chi connectivity index (χ0v) is 11.1. The smallest absolute Gasteiger partial charge is 0.276 e. The van der Waals surface area contributed by atoms with E-state index >= 15 is 0 Å². The molecule has 0 atom stereocenters. The van der Waals surface area contributed by atoms with Gasteiger partial charge in [-0.3, -0.25) is 10.1 Å². The van der Waals surface area contributed by atoms with Crippen molar-refractivity contribution in [3.63, 3.8) is 0 Å². The van der Waals surface area contributed by atoms with Gasteiger partial charge in [0.1, 0.15) is 5.75 Å². The van der Waals surface area contributed by atoms with Crippen molar-refractivity contribution >= 4 is 29.0 Å². The third kappa shape index (κ3) is 2.41. The van der Waals surface area contributed by atoms with Gasteiger partial charge in [-0.05, 0) is 25.5 Å². The van der Waals surface area contributed by atoms with Gasteiger partial charge in [-0.1, -0.05) is 11.6 Å². The van der Waals surface area contributed by atoms with E-state index in [1.807, 2.05) is 0 Å². The average molecular weight is 286 g/mol. The fraction of sp³-hybridized carbons (Fsp3) is 0.200. The maximum absolute atomic E-state index is 10.9. The Bertz CT molecular complexity index is 614. The van der Waals surface area contributed by atoms with E-state index in [0.717, 1.165) is 17.3 Å². The molecule has 94 valence electrons. The first-order valence-corrected chi connectivity index (χ1v) is 6.01. The summed E-state index contributed by atoms with van der Waals surface area (Å²) in [5, 5.41) is 11.0. The van der Waals surface area contributed by atoms with Crippen molar-refractivity contribution in [2.45, 2.75) is 13.8 Å². The summed E-state index contributed by atoms with van der Waals surface area (Å²) >= 11 is 6.67. The molecule has 2 aromatic rings. The summed E-state index contributed by atoms with van der Waals surface area (Å²) in [6, 6.07) is 3.04. The van der Waals surface area contributed by atoms with E-state index in [1.54, 1.807) is 19.9 Å². The summed E-state index contributed by atoms with van der Waals surface area (Å²) in [5.74, 6) is 0.504. The third-order valence-electron chi connectivity index (χ3n) is 2.32. The predicted octanol–water partition coefficient (Wildman–Crippen LogP) is 3.51. The highest BCUT2D eigenvalue weighted by molar-refractivity contribution is 6.99. The molecule has 0 aliphatic heterocycles. The predicted molar refractivity (Wildman–Crippen MR) is 67.6 cm³/mol. The molecule has 0 aliphatic rings. The maximum atomic E-state index is 10.9. The second kappa shape index (κ2) is 4.87. The lowest BCUT2D eigenvalue weighted by molar-refractivity contribution is -0.385. The molecule has 0 unspecified atom stereocenters. The molecular weight excluding hydrogens is 278 g/mol. The number of benzene rings is 1. The first-order chi connectivity index (χ1) is 8.49.